The van der Waals surface area contributed by atoms with Gasteiger partial charge in [0.05, 0.1) is 35.2 Å². The minimum Gasteiger partial charge on any atom is -0.475 e. The Morgan fingerprint density at radius 2 is 1.82 bits per heavy atom. The molecule has 6 nitrogen and oxygen atoms in total. The summed E-state index contributed by atoms with van der Waals surface area (Å²) < 4.78 is 47.3. The first kappa shape index (κ1) is 21.9. The van der Waals surface area contributed by atoms with Crippen molar-refractivity contribution in [1.29, 1.82) is 5.26 Å². The van der Waals surface area contributed by atoms with Gasteiger partial charge in [-0.15, -0.1) is 0 Å². The van der Waals surface area contributed by atoms with Gasteiger partial charge in [-0.2, -0.15) is 18.4 Å². The van der Waals surface area contributed by atoms with Gasteiger partial charge in [0.25, 0.3) is 5.88 Å². The van der Waals surface area contributed by atoms with Crippen molar-refractivity contribution in [3.8, 4) is 34.5 Å². The van der Waals surface area contributed by atoms with E-state index in [1.54, 1.807) is 41.1 Å². The molecule has 1 atom stereocenters. The molecule has 0 aliphatic carbocycles. The molecule has 1 aliphatic rings. The van der Waals surface area contributed by atoms with E-state index in [2.05, 4.69) is 16.4 Å². The number of rotatable bonds is 5. The smallest absolute Gasteiger partial charge is 0.416 e. The fourth-order valence-electron chi connectivity index (χ4n) is 4.11. The first-order chi connectivity index (χ1) is 16.4. The van der Waals surface area contributed by atoms with Crippen molar-refractivity contribution in [1.82, 2.24) is 19.7 Å². The van der Waals surface area contributed by atoms with Crippen LogP contribution < -0.4 is 10.1 Å². The zero-order valence-corrected chi connectivity index (χ0v) is 18.0. The number of hydrogen-bond acceptors (Lipinski definition) is 5. The molecule has 0 spiro atoms. The summed E-state index contributed by atoms with van der Waals surface area (Å²) in [4.78, 5) is 9.18. The summed E-state index contributed by atoms with van der Waals surface area (Å²) in [5, 5.41) is 12.5. The van der Waals surface area contributed by atoms with Crippen LogP contribution in [0, 0.1) is 17.2 Å². The lowest BCUT2D eigenvalue weighted by Crippen LogP contribution is -2.16. The van der Waals surface area contributed by atoms with E-state index in [1.807, 2.05) is 0 Å². The zero-order chi connectivity index (χ0) is 23.7. The summed E-state index contributed by atoms with van der Waals surface area (Å²) >= 11 is 0. The third kappa shape index (κ3) is 4.20. The standard InChI is InChI=1S/C25H20F3N5O/c26-25(27,28)20-7-5-19(6-8-20)22-21(18-3-1-16(13-29)2-4-18)32-24(23-31-11-12-33(22)23)34-15-17-9-10-30-14-17/h1-8,11-12,17,30H,9-10,14-15H2/t17-/m1/s1. The molecule has 1 saturated heterocycles. The highest BCUT2D eigenvalue weighted by Crippen LogP contribution is 2.37. The number of imidazole rings is 1. The Hall–Kier alpha value is -3.90. The summed E-state index contributed by atoms with van der Waals surface area (Å²) in [6, 6.07) is 13.9. The van der Waals surface area contributed by atoms with Crippen molar-refractivity contribution in [2.75, 3.05) is 19.7 Å². The van der Waals surface area contributed by atoms with Crippen LogP contribution >= 0.6 is 0 Å². The van der Waals surface area contributed by atoms with Crippen molar-refractivity contribution >= 4 is 5.65 Å². The van der Waals surface area contributed by atoms with Gasteiger partial charge in [0, 0.05) is 36.0 Å². The molecule has 172 valence electrons. The molecule has 0 amide bonds. The fraction of sp³-hybridized carbons (Fsp3) is 0.240. The average molecular weight is 463 g/mol. The molecule has 1 N–H and O–H groups in total. The fourth-order valence-corrected chi connectivity index (χ4v) is 4.11. The Bertz CT molecular complexity index is 1350. The number of benzene rings is 2. The topological polar surface area (TPSA) is 75.2 Å². The number of hydrogen-bond donors (Lipinski definition) is 1. The second-order valence-electron chi connectivity index (χ2n) is 8.17. The lowest BCUT2D eigenvalue weighted by molar-refractivity contribution is -0.137. The zero-order valence-electron chi connectivity index (χ0n) is 18.0. The van der Waals surface area contributed by atoms with Gasteiger partial charge in [-0.1, -0.05) is 24.3 Å². The van der Waals surface area contributed by atoms with E-state index < -0.39 is 11.7 Å². The van der Waals surface area contributed by atoms with Crippen molar-refractivity contribution in [2.45, 2.75) is 12.6 Å². The van der Waals surface area contributed by atoms with Gasteiger partial charge in [-0.05, 0) is 37.2 Å². The Morgan fingerprint density at radius 1 is 1.09 bits per heavy atom. The number of halogens is 3. The molecule has 5 rings (SSSR count). The molecule has 3 heterocycles. The first-order valence-electron chi connectivity index (χ1n) is 10.8. The largest absolute Gasteiger partial charge is 0.475 e. The van der Waals surface area contributed by atoms with Gasteiger partial charge in [-0.25, -0.2) is 9.97 Å². The van der Waals surface area contributed by atoms with Crippen LogP contribution in [0.25, 0.3) is 28.2 Å². The van der Waals surface area contributed by atoms with Crippen molar-refractivity contribution in [2.24, 2.45) is 5.92 Å². The Balaban J connectivity index is 1.65. The summed E-state index contributed by atoms with van der Waals surface area (Å²) in [6.07, 6.45) is -0.0704. The molecule has 0 unspecified atom stereocenters. The molecular weight excluding hydrogens is 443 g/mol. The Kier molecular flexibility index (Phi) is 5.67. The second-order valence-corrected chi connectivity index (χ2v) is 8.17. The number of ether oxygens (including phenoxy) is 1. The van der Waals surface area contributed by atoms with E-state index in [1.165, 1.54) is 12.1 Å². The molecule has 2 aromatic heterocycles. The van der Waals surface area contributed by atoms with Gasteiger partial charge in [-0.3, -0.25) is 4.40 Å². The Labute approximate surface area is 193 Å². The normalized spacial score (nSPS) is 16.0. The third-order valence-corrected chi connectivity index (χ3v) is 5.90. The van der Waals surface area contributed by atoms with Gasteiger partial charge in [0.2, 0.25) is 5.65 Å². The van der Waals surface area contributed by atoms with Gasteiger partial charge < -0.3 is 10.1 Å². The molecule has 34 heavy (non-hydrogen) atoms. The SMILES string of the molecule is N#Cc1ccc(-c2nc(OC[C@@H]3CCNC3)c3nccn3c2-c2ccc(C(F)(F)F)cc2)cc1. The van der Waals surface area contributed by atoms with Crippen LogP contribution in [-0.2, 0) is 6.18 Å². The minimum atomic E-state index is -4.43. The number of fused-ring (bicyclic) bond motifs is 1. The number of alkyl halides is 3. The molecule has 1 aliphatic heterocycles. The number of aromatic nitrogens is 3. The van der Waals surface area contributed by atoms with Crippen LogP contribution in [0.15, 0.2) is 60.9 Å². The van der Waals surface area contributed by atoms with Crippen LogP contribution in [0.3, 0.4) is 0 Å². The molecule has 2 aromatic carbocycles. The highest BCUT2D eigenvalue weighted by Gasteiger charge is 2.30. The maximum absolute atomic E-state index is 13.1. The summed E-state index contributed by atoms with van der Waals surface area (Å²) in [5.74, 6) is 0.719. The van der Waals surface area contributed by atoms with Crippen LogP contribution in [0.5, 0.6) is 5.88 Å². The monoisotopic (exact) mass is 463 g/mol. The second kappa shape index (κ2) is 8.80. The highest BCUT2D eigenvalue weighted by molar-refractivity contribution is 5.81. The maximum atomic E-state index is 13.1. The van der Waals surface area contributed by atoms with E-state index in [-0.39, 0.29) is 0 Å². The lowest BCUT2D eigenvalue weighted by atomic mass is 10.0. The predicted molar refractivity (Wildman–Crippen MR) is 120 cm³/mol. The summed E-state index contributed by atoms with van der Waals surface area (Å²) in [7, 11) is 0. The predicted octanol–water partition coefficient (Wildman–Crippen LogP) is 4.94. The number of nitrogens with zero attached hydrogens (tertiary/aromatic N) is 4. The molecule has 9 heteroatoms. The van der Waals surface area contributed by atoms with E-state index in [4.69, 9.17) is 15.0 Å². The van der Waals surface area contributed by atoms with Crippen molar-refractivity contribution in [3.63, 3.8) is 0 Å². The van der Waals surface area contributed by atoms with E-state index in [0.29, 0.717) is 52.1 Å². The highest BCUT2D eigenvalue weighted by atomic mass is 19.4. The maximum Gasteiger partial charge on any atom is 0.416 e. The Morgan fingerprint density at radius 3 is 2.47 bits per heavy atom. The molecule has 1 fully saturated rings. The average Bonchev–Trinajstić information content (AvgIpc) is 3.54. The quantitative estimate of drug-likeness (QED) is 0.454. The van der Waals surface area contributed by atoms with Gasteiger partial charge in [0.1, 0.15) is 0 Å². The van der Waals surface area contributed by atoms with Gasteiger partial charge in [0.15, 0.2) is 0 Å². The van der Waals surface area contributed by atoms with E-state index in [0.717, 1.165) is 31.6 Å². The van der Waals surface area contributed by atoms with Crippen LogP contribution in [-0.4, -0.2) is 34.1 Å². The van der Waals surface area contributed by atoms with E-state index >= 15 is 0 Å². The lowest BCUT2D eigenvalue weighted by Gasteiger charge is -2.17. The third-order valence-electron chi connectivity index (χ3n) is 5.90. The van der Waals surface area contributed by atoms with Gasteiger partial charge >= 0.3 is 6.18 Å². The van der Waals surface area contributed by atoms with Crippen LogP contribution in [0.1, 0.15) is 17.5 Å². The number of nitriles is 1. The summed E-state index contributed by atoms with van der Waals surface area (Å²) in [5.41, 5.74) is 2.62. The van der Waals surface area contributed by atoms with Crippen molar-refractivity contribution < 1.29 is 17.9 Å². The minimum absolute atomic E-state index is 0.354. The van der Waals surface area contributed by atoms with E-state index in [9.17, 15) is 13.2 Å². The summed E-state index contributed by atoms with van der Waals surface area (Å²) in [6.45, 7) is 2.30. The molecular formula is C25H20F3N5O. The van der Waals surface area contributed by atoms with Crippen LogP contribution in [0.2, 0.25) is 0 Å². The van der Waals surface area contributed by atoms with Crippen LogP contribution in [0.4, 0.5) is 13.2 Å². The molecule has 4 aromatic rings. The molecule has 0 saturated carbocycles. The first-order valence-corrected chi connectivity index (χ1v) is 10.8. The molecule has 0 bridgehead atoms. The van der Waals surface area contributed by atoms with Crippen molar-refractivity contribution in [3.05, 3.63) is 72.1 Å². The molecule has 0 radical (unpaired) electrons. The number of nitrogens with one attached hydrogen (secondary N) is 1.